The van der Waals surface area contributed by atoms with Gasteiger partial charge >= 0.3 is 5.97 Å². The van der Waals surface area contributed by atoms with Crippen molar-refractivity contribution in [3.8, 4) is 0 Å². The summed E-state index contributed by atoms with van der Waals surface area (Å²) in [7, 11) is 7.22. The van der Waals surface area contributed by atoms with Crippen LogP contribution in [0.25, 0.3) is 0 Å². The number of hydrogen-bond donors (Lipinski definition) is 1. The van der Waals surface area contributed by atoms with E-state index in [0.717, 1.165) is 23.2 Å². The predicted molar refractivity (Wildman–Crippen MR) is 138 cm³/mol. The number of likely N-dealkylation sites (N-methyl/N-ethyl adjacent to an activating group) is 3. The van der Waals surface area contributed by atoms with Gasteiger partial charge in [0, 0.05) is 32.0 Å². The fourth-order valence-electron chi connectivity index (χ4n) is 4.11. The molecule has 0 bridgehead atoms. The maximum absolute atomic E-state index is 13.5. The van der Waals surface area contributed by atoms with Crippen molar-refractivity contribution in [3.63, 3.8) is 0 Å². The third-order valence-corrected chi connectivity index (χ3v) is 5.88. The minimum atomic E-state index is -0.577. The van der Waals surface area contributed by atoms with Crippen molar-refractivity contribution < 1.29 is 19.1 Å². The molecule has 0 aliphatic carbocycles. The zero-order chi connectivity index (χ0) is 25.9. The monoisotopic (exact) mass is 480 g/mol. The fourth-order valence-corrected chi connectivity index (χ4v) is 4.11. The Labute approximate surface area is 207 Å². The first-order valence-corrected chi connectivity index (χ1v) is 11.8. The average Bonchev–Trinajstić information content (AvgIpc) is 2.80. The maximum atomic E-state index is 13.5. The topological polar surface area (TPSA) is 82.2 Å². The number of rotatable bonds is 6. The smallest absolute Gasteiger partial charge is 0.338 e. The van der Waals surface area contributed by atoms with E-state index < -0.39 is 17.6 Å². The summed E-state index contributed by atoms with van der Waals surface area (Å²) < 4.78 is 5.41. The van der Waals surface area contributed by atoms with Crippen LogP contribution in [0.5, 0.6) is 0 Å². The molecule has 1 heterocycles. The number of carbonyl (C=O) groups is 3. The zero-order valence-corrected chi connectivity index (χ0v) is 21.7. The van der Waals surface area contributed by atoms with Crippen molar-refractivity contribution in [2.75, 3.05) is 51.1 Å². The molecular formula is C27H36N4O4. The van der Waals surface area contributed by atoms with Gasteiger partial charge in [-0.2, -0.15) is 0 Å². The molecule has 0 saturated carbocycles. The number of nitrogens with one attached hydrogen (secondary N) is 1. The van der Waals surface area contributed by atoms with Crippen LogP contribution < -0.4 is 15.1 Å². The number of hydrogen-bond acceptors (Lipinski definition) is 6. The lowest BCUT2D eigenvalue weighted by Crippen LogP contribution is -2.43. The van der Waals surface area contributed by atoms with Crippen LogP contribution in [0.3, 0.4) is 0 Å². The van der Waals surface area contributed by atoms with E-state index in [1.54, 1.807) is 48.2 Å². The third-order valence-electron chi connectivity index (χ3n) is 5.88. The summed E-state index contributed by atoms with van der Waals surface area (Å²) >= 11 is 0. The molecule has 2 aromatic rings. The molecule has 1 unspecified atom stereocenters. The Hall–Kier alpha value is -3.23. The molecule has 1 aliphatic heterocycles. The Balaban J connectivity index is 1.81. The summed E-state index contributed by atoms with van der Waals surface area (Å²) in [5, 5.41) is 3.33. The molecule has 0 saturated heterocycles. The van der Waals surface area contributed by atoms with Gasteiger partial charge in [0.1, 0.15) is 11.6 Å². The second-order valence-corrected chi connectivity index (χ2v) is 10.1. The molecule has 0 radical (unpaired) electrons. The average molecular weight is 481 g/mol. The van der Waals surface area contributed by atoms with Crippen molar-refractivity contribution in [1.82, 2.24) is 10.2 Å². The number of ether oxygens (including phenoxy) is 1. The van der Waals surface area contributed by atoms with E-state index >= 15 is 0 Å². The molecule has 188 valence electrons. The molecule has 1 aliphatic rings. The lowest BCUT2D eigenvalue weighted by molar-refractivity contribution is -0.120. The van der Waals surface area contributed by atoms with Crippen LogP contribution >= 0.6 is 0 Å². The van der Waals surface area contributed by atoms with E-state index in [1.165, 1.54) is 0 Å². The van der Waals surface area contributed by atoms with Crippen LogP contribution in [0.4, 0.5) is 11.4 Å². The normalized spacial score (nSPS) is 15.4. The number of benzene rings is 2. The molecular weight excluding hydrogens is 444 g/mol. The van der Waals surface area contributed by atoms with Gasteiger partial charge in [0.05, 0.1) is 12.1 Å². The standard InChI is InChI=1S/C27H36N4O4/c1-27(2,3)35-26(34)18-11-13-19(14-12-18)30(6)25(33)24-21-9-8-10-22(20(21)15-16-28-24)31(7)23(32)17-29(4)5/h8-14,24,28H,15-17H2,1-7H3. The number of esters is 1. The Kier molecular flexibility index (Phi) is 7.97. The van der Waals surface area contributed by atoms with E-state index in [2.05, 4.69) is 5.32 Å². The highest BCUT2D eigenvalue weighted by molar-refractivity contribution is 6.00. The highest BCUT2D eigenvalue weighted by atomic mass is 16.6. The first kappa shape index (κ1) is 26.4. The summed E-state index contributed by atoms with van der Waals surface area (Å²) in [6.45, 7) is 6.40. The summed E-state index contributed by atoms with van der Waals surface area (Å²) in [5.41, 5.74) is 3.24. The number of carbonyl (C=O) groups excluding carboxylic acids is 3. The molecule has 8 heteroatoms. The van der Waals surface area contributed by atoms with Crippen LogP contribution in [0.1, 0.15) is 48.3 Å². The largest absolute Gasteiger partial charge is 0.456 e. The first-order chi connectivity index (χ1) is 16.4. The van der Waals surface area contributed by atoms with Crippen LogP contribution in [-0.4, -0.2) is 69.6 Å². The molecule has 2 aromatic carbocycles. The van der Waals surface area contributed by atoms with Gasteiger partial charge in [0.2, 0.25) is 11.8 Å². The minimum Gasteiger partial charge on any atom is -0.456 e. The molecule has 1 N–H and O–H groups in total. The molecule has 0 fully saturated rings. The Morgan fingerprint density at radius 2 is 1.63 bits per heavy atom. The Morgan fingerprint density at radius 3 is 2.23 bits per heavy atom. The zero-order valence-electron chi connectivity index (χ0n) is 21.7. The molecule has 8 nitrogen and oxygen atoms in total. The summed E-state index contributed by atoms with van der Waals surface area (Å²) in [5.74, 6) is -0.524. The van der Waals surface area contributed by atoms with E-state index in [-0.39, 0.29) is 11.8 Å². The summed E-state index contributed by atoms with van der Waals surface area (Å²) in [4.78, 5) is 43.6. The Bertz CT molecular complexity index is 1090. The molecule has 1 atom stereocenters. The van der Waals surface area contributed by atoms with Crippen LogP contribution in [0, 0.1) is 0 Å². The van der Waals surface area contributed by atoms with Gasteiger partial charge < -0.3 is 24.8 Å². The molecule has 0 aromatic heterocycles. The van der Waals surface area contributed by atoms with Gasteiger partial charge in [0.15, 0.2) is 0 Å². The second-order valence-electron chi connectivity index (χ2n) is 10.1. The predicted octanol–water partition coefficient (Wildman–Crippen LogP) is 3.02. The summed E-state index contributed by atoms with van der Waals surface area (Å²) in [6, 6.07) is 12.0. The SMILES string of the molecule is CN(C)CC(=O)N(C)c1cccc2c1CCNC2C(=O)N(C)c1ccc(C(=O)OC(C)(C)C)cc1. The molecule has 3 rings (SSSR count). The van der Waals surface area contributed by atoms with Crippen LogP contribution in [-0.2, 0) is 20.7 Å². The van der Waals surface area contributed by atoms with Gasteiger partial charge in [-0.1, -0.05) is 12.1 Å². The second kappa shape index (κ2) is 10.6. The quantitative estimate of drug-likeness (QED) is 0.640. The number of nitrogens with zero attached hydrogens (tertiary/aromatic N) is 3. The number of anilines is 2. The fraction of sp³-hybridized carbons (Fsp3) is 0.444. The van der Waals surface area contributed by atoms with Gasteiger partial charge in [-0.3, -0.25) is 9.59 Å². The highest BCUT2D eigenvalue weighted by Gasteiger charge is 2.31. The van der Waals surface area contributed by atoms with Crippen LogP contribution in [0.2, 0.25) is 0 Å². The van der Waals surface area contributed by atoms with Gasteiger partial charge in [-0.25, -0.2) is 4.79 Å². The van der Waals surface area contributed by atoms with E-state index in [9.17, 15) is 14.4 Å². The number of fused-ring (bicyclic) bond motifs is 1. The van der Waals surface area contributed by atoms with Crippen molar-refractivity contribution >= 4 is 29.2 Å². The lowest BCUT2D eigenvalue weighted by atomic mass is 9.91. The minimum absolute atomic E-state index is 0.00740. The lowest BCUT2D eigenvalue weighted by Gasteiger charge is -2.32. The van der Waals surface area contributed by atoms with E-state index in [0.29, 0.717) is 24.3 Å². The van der Waals surface area contributed by atoms with Gasteiger partial charge in [-0.05, 0) is 82.7 Å². The van der Waals surface area contributed by atoms with Gasteiger partial charge in [-0.15, -0.1) is 0 Å². The van der Waals surface area contributed by atoms with Gasteiger partial charge in [0.25, 0.3) is 0 Å². The van der Waals surface area contributed by atoms with Crippen molar-refractivity contribution in [1.29, 1.82) is 0 Å². The molecule has 35 heavy (non-hydrogen) atoms. The first-order valence-electron chi connectivity index (χ1n) is 11.8. The van der Waals surface area contributed by atoms with Crippen LogP contribution in [0.15, 0.2) is 42.5 Å². The van der Waals surface area contributed by atoms with E-state index in [4.69, 9.17) is 4.74 Å². The molecule has 0 spiro atoms. The Morgan fingerprint density at radius 1 is 0.971 bits per heavy atom. The van der Waals surface area contributed by atoms with Crippen molar-refractivity contribution in [2.45, 2.75) is 38.8 Å². The molecule has 2 amide bonds. The van der Waals surface area contributed by atoms with Crippen molar-refractivity contribution in [3.05, 3.63) is 59.2 Å². The van der Waals surface area contributed by atoms with E-state index in [1.807, 2.05) is 58.0 Å². The summed E-state index contributed by atoms with van der Waals surface area (Å²) in [6.07, 6.45) is 0.725. The highest BCUT2D eigenvalue weighted by Crippen LogP contribution is 2.32. The number of amides is 2. The third kappa shape index (κ3) is 6.26. The maximum Gasteiger partial charge on any atom is 0.338 e. The van der Waals surface area contributed by atoms with Crippen molar-refractivity contribution in [2.24, 2.45) is 0 Å².